The number of ether oxygens (including phenoxy) is 1. The van der Waals surface area contributed by atoms with E-state index in [2.05, 4.69) is 0 Å². The zero-order valence-electron chi connectivity index (χ0n) is 18.6. The summed E-state index contributed by atoms with van der Waals surface area (Å²) in [7, 11) is 3.24. The normalized spacial score (nSPS) is 18.6. The highest BCUT2D eigenvalue weighted by molar-refractivity contribution is 6.16. The number of anilines is 1. The van der Waals surface area contributed by atoms with Crippen LogP contribution in [-0.4, -0.2) is 30.9 Å². The number of benzene rings is 3. The van der Waals surface area contributed by atoms with Crippen molar-refractivity contribution in [2.24, 2.45) is 0 Å². The van der Waals surface area contributed by atoms with Gasteiger partial charge in [0.05, 0.1) is 18.1 Å². The van der Waals surface area contributed by atoms with Crippen LogP contribution in [0.3, 0.4) is 0 Å². The van der Waals surface area contributed by atoms with Crippen LogP contribution in [0.1, 0.15) is 27.2 Å². The lowest BCUT2D eigenvalue weighted by Gasteiger charge is -2.34. The number of methoxy groups -OCH3 is 1. The third kappa shape index (κ3) is 2.43. The van der Waals surface area contributed by atoms with Crippen LogP contribution in [0, 0.1) is 0 Å². The highest BCUT2D eigenvalue weighted by Crippen LogP contribution is 2.52. The Morgan fingerprint density at radius 1 is 0.912 bits per heavy atom. The van der Waals surface area contributed by atoms with Gasteiger partial charge in [0, 0.05) is 24.8 Å². The maximum Gasteiger partial charge on any atom is 0.291 e. The molecule has 7 heteroatoms. The first-order valence-electron chi connectivity index (χ1n) is 10.9. The van der Waals surface area contributed by atoms with Crippen LogP contribution in [0.15, 0.2) is 82.0 Å². The minimum absolute atomic E-state index is 0.0755. The van der Waals surface area contributed by atoms with Crippen molar-refractivity contribution in [3.05, 3.63) is 105 Å². The van der Waals surface area contributed by atoms with E-state index in [9.17, 15) is 14.4 Å². The molecule has 0 saturated heterocycles. The van der Waals surface area contributed by atoms with Gasteiger partial charge >= 0.3 is 0 Å². The lowest BCUT2D eigenvalue weighted by atomic mass is 9.83. The van der Waals surface area contributed by atoms with E-state index >= 15 is 0 Å². The Hall–Kier alpha value is -4.39. The molecule has 2 amide bonds. The summed E-state index contributed by atoms with van der Waals surface area (Å²) in [6.07, 6.45) is 0. The van der Waals surface area contributed by atoms with E-state index < -0.39 is 11.4 Å². The van der Waals surface area contributed by atoms with Gasteiger partial charge in [0.2, 0.25) is 5.76 Å². The smallest absolute Gasteiger partial charge is 0.291 e. The van der Waals surface area contributed by atoms with E-state index in [0.717, 1.165) is 5.56 Å². The molecule has 3 heterocycles. The standard InChI is InChI=1S/C27H20N2O5/c1-28-20-9-5-4-8-19(20)27(26(28)32)22-23(30)18-7-3-6-10-21(18)34-24(22)25(31)29(27)15-16-11-13-17(33-2)14-12-16/h3-14H,15H2,1-2H3. The van der Waals surface area contributed by atoms with Gasteiger partial charge in [0.25, 0.3) is 11.8 Å². The van der Waals surface area contributed by atoms with Gasteiger partial charge in [-0.1, -0.05) is 42.5 Å². The predicted molar refractivity (Wildman–Crippen MR) is 126 cm³/mol. The molecule has 1 atom stereocenters. The van der Waals surface area contributed by atoms with Gasteiger partial charge in [-0.05, 0) is 35.9 Å². The van der Waals surface area contributed by atoms with Crippen molar-refractivity contribution in [2.45, 2.75) is 12.1 Å². The summed E-state index contributed by atoms with van der Waals surface area (Å²) in [6, 6.07) is 21.3. The number of para-hydroxylation sites is 2. The monoisotopic (exact) mass is 452 g/mol. The summed E-state index contributed by atoms with van der Waals surface area (Å²) in [6.45, 7) is 0.108. The van der Waals surface area contributed by atoms with Crippen LogP contribution in [-0.2, 0) is 16.9 Å². The summed E-state index contributed by atoms with van der Waals surface area (Å²) in [5.74, 6) is -0.265. The molecular formula is C27H20N2O5. The van der Waals surface area contributed by atoms with E-state index in [-0.39, 0.29) is 29.2 Å². The number of carbonyl (C=O) groups is 2. The summed E-state index contributed by atoms with van der Waals surface area (Å²) in [4.78, 5) is 44.7. The number of likely N-dealkylation sites (N-methyl/N-ethyl adjacent to an activating group) is 1. The van der Waals surface area contributed by atoms with Gasteiger partial charge < -0.3 is 19.0 Å². The Balaban J connectivity index is 1.66. The van der Waals surface area contributed by atoms with Gasteiger partial charge in [-0.15, -0.1) is 0 Å². The van der Waals surface area contributed by atoms with Gasteiger partial charge in [-0.3, -0.25) is 14.4 Å². The van der Waals surface area contributed by atoms with Crippen LogP contribution in [0.4, 0.5) is 5.69 Å². The highest BCUT2D eigenvalue weighted by Gasteiger charge is 2.64. The van der Waals surface area contributed by atoms with Gasteiger partial charge in [0.1, 0.15) is 11.3 Å². The average molecular weight is 452 g/mol. The lowest BCUT2D eigenvalue weighted by Crippen LogP contribution is -2.52. The van der Waals surface area contributed by atoms with E-state index in [0.29, 0.717) is 28.0 Å². The summed E-state index contributed by atoms with van der Waals surface area (Å²) >= 11 is 0. The van der Waals surface area contributed by atoms with Gasteiger partial charge in [0.15, 0.2) is 11.0 Å². The molecule has 4 aromatic rings. The van der Waals surface area contributed by atoms with Crippen LogP contribution in [0.25, 0.3) is 11.0 Å². The first-order chi connectivity index (χ1) is 16.5. The largest absolute Gasteiger partial charge is 0.497 e. The molecule has 168 valence electrons. The Labute approximate surface area is 194 Å². The number of carbonyl (C=O) groups excluding carboxylic acids is 2. The first-order valence-corrected chi connectivity index (χ1v) is 10.9. The Bertz CT molecular complexity index is 1560. The van der Waals surface area contributed by atoms with Gasteiger partial charge in [-0.25, -0.2) is 0 Å². The zero-order valence-corrected chi connectivity index (χ0v) is 18.6. The molecule has 7 nitrogen and oxygen atoms in total. The van der Waals surface area contributed by atoms with Crippen LogP contribution >= 0.6 is 0 Å². The third-order valence-corrected chi connectivity index (χ3v) is 6.77. The molecule has 0 bridgehead atoms. The molecule has 0 saturated carbocycles. The summed E-state index contributed by atoms with van der Waals surface area (Å²) in [5, 5.41) is 0.333. The van der Waals surface area contributed by atoms with E-state index in [1.165, 1.54) is 9.80 Å². The molecule has 1 spiro atoms. The number of nitrogens with zero attached hydrogens (tertiary/aromatic N) is 2. The fourth-order valence-corrected chi connectivity index (χ4v) is 5.18. The topological polar surface area (TPSA) is 80.1 Å². The minimum atomic E-state index is -1.61. The average Bonchev–Trinajstić information content (AvgIpc) is 3.24. The molecular weight excluding hydrogens is 432 g/mol. The Morgan fingerprint density at radius 2 is 1.62 bits per heavy atom. The molecule has 3 aromatic carbocycles. The number of amides is 2. The molecule has 34 heavy (non-hydrogen) atoms. The predicted octanol–water partition coefficient (Wildman–Crippen LogP) is 3.68. The second-order valence-electron chi connectivity index (χ2n) is 8.46. The fourth-order valence-electron chi connectivity index (χ4n) is 5.18. The van der Waals surface area contributed by atoms with Crippen LogP contribution in [0.2, 0.25) is 0 Å². The van der Waals surface area contributed by atoms with Crippen LogP contribution < -0.4 is 15.1 Å². The van der Waals surface area contributed by atoms with Crippen molar-refractivity contribution in [1.29, 1.82) is 0 Å². The molecule has 2 aliphatic rings. The quantitative estimate of drug-likeness (QED) is 0.474. The molecule has 6 rings (SSSR count). The zero-order chi connectivity index (χ0) is 23.6. The number of rotatable bonds is 3. The van der Waals surface area contributed by atoms with Crippen molar-refractivity contribution >= 4 is 28.5 Å². The SMILES string of the molecule is COc1ccc(CN2C(=O)c3oc4ccccc4c(=O)c3C23C(=O)N(C)c2ccccc23)cc1. The second kappa shape index (κ2) is 7.05. The molecule has 1 aromatic heterocycles. The van der Waals surface area contributed by atoms with Crippen molar-refractivity contribution in [3.8, 4) is 5.75 Å². The minimum Gasteiger partial charge on any atom is -0.497 e. The van der Waals surface area contributed by atoms with E-state index in [4.69, 9.17) is 9.15 Å². The lowest BCUT2D eigenvalue weighted by molar-refractivity contribution is -0.126. The van der Waals surface area contributed by atoms with Crippen molar-refractivity contribution in [1.82, 2.24) is 4.90 Å². The molecule has 0 radical (unpaired) electrons. The van der Waals surface area contributed by atoms with Crippen molar-refractivity contribution in [2.75, 3.05) is 19.1 Å². The molecule has 0 fully saturated rings. The van der Waals surface area contributed by atoms with Crippen LogP contribution in [0.5, 0.6) is 5.75 Å². The van der Waals surface area contributed by atoms with Gasteiger partial charge in [-0.2, -0.15) is 0 Å². The summed E-state index contributed by atoms with van der Waals surface area (Å²) in [5.41, 5.74) is 0.437. The van der Waals surface area contributed by atoms with E-state index in [1.54, 1.807) is 56.6 Å². The number of hydrogen-bond donors (Lipinski definition) is 0. The second-order valence-corrected chi connectivity index (χ2v) is 8.46. The Kier molecular flexibility index (Phi) is 4.20. The fraction of sp³-hybridized carbons (Fsp3) is 0.148. The molecule has 2 aliphatic heterocycles. The maximum absolute atomic E-state index is 14.0. The first kappa shape index (κ1) is 20.2. The third-order valence-electron chi connectivity index (χ3n) is 6.77. The Morgan fingerprint density at radius 3 is 2.38 bits per heavy atom. The molecule has 1 unspecified atom stereocenters. The number of hydrogen-bond acceptors (Lipinski definition) is 5. The van der Waals surface area contributed by atoms with E-state index in [1.807, 2.05) is 30.3 Å². The highest BCUT2D eigenvalue weighted by atomic mass is 16.5. The van der Waals surface area contributed by atoms with Crippen molar-refractivity contribution < 1.29 is 18.7 Å². The number of fused-ring (bicyclic) bond motifs is 5. The summed E-state index contributed by atoms with van der Waals surface area (Å²) < 4.78 is 11.2. The molecule has 0 aliphatic carbocycles. The maximum atomic E-state index is 14.0. The van der Waals surface area contributed by atoms with Crippen molar-refractivity contribution in [3.63, 3.8) is 0 Å². The molecule has 0 N–H and O–H groups in total.